The molecule has 0 heterocycles. The van der Waals surface area contributed by atoms with Crippen molar-refractivity contribution in [3.05, 3.63) is 35.9 Å². The summed E-state index contributed by atoms with van der Waals surface area (Å²) in [5.74, 6) is -0.921. The highest BCUT2D eigenvalue weighted by Gasteiger charge is 2.23. The van der Waals surface area contributed by atoms with Gasteiger partial charge in [-0.1, -0.05) is 49.6 Å². The summed E-state index contributed by atoms with van der Waals surface area (Å²) in [7, 11) is 0. The van der Waals surface area contributed by atoms with Crippen molar-refractivity contribution in [1.82, 2.24) is 10.6 Å². The van der Waals surface area contributed by atoms with Gasteiger partial charge in [-0.15, -0.1) is 0 Å². The normalized spacial score (nSPS) is 16.8. The third kappa shape index (κ3) is 8.11. The first kappa shape index (κ1) is 21.9. The number of aliphatic carboxylic acids is 1. The van der Waals surface area contributed by atoms with Crippen LogP contribution in [-0.2, 0) is 20.8 Å². The number of carboxylic acids is 1. The molecule has 0 spiro atoms. The minimum absolute atomic E-state index is 0.00570. The summed E-state index contributed by atoms with van der Waals surface area (Å²) in [6.45, 7) is 1.84. The fourth-order valence-corrected chi connectivity index (χ4v) is 3.76. The highest BCUT2D eigenvalue weighted by Crippen LogP contribution is 2.23. The summed E-state index contributed by atoms with van der Waals surface area (Å²) >= 11 is 0. The van der Waals surface area contributed by atoms with E-state index in [9.17, 15) is 14.4 Å². The lowest BCUT2D eigenvalue weighted by Crippen LogP contribution is -2.43. The van der Waals surface area contributed by atoms with Crippen LogP contribution in [0.5, 0.6) is 0 Å². The largest absolute Gasteiger partial charge is 0.481 e. The van der Waals surface area contributed by atoms with E-state index in [0.29, 0.717) is 12.8 Å². The molecule has 1 saturated carbocycles. The van der Waals surface area contributed by atoms with Crippen LogP contribution in [-0.4, -0.2) is 35.0 Å². The molecule has 2 rings (SSSR count). The van der Waals surface area contributed by atoms with E-state index in [1.165, 1.54) is 6.42 Å². The second kappa shape index (κ2) is 11.5. The number of carboxylic acid groups (broad SMARTS) is 1. The van der Waals surface area contributed by atoms with Crippen molar-refractivity contribution in [2.75, 3.05) is 0 Å². The first-order valence-electron chi connectivity index (χ1n) is 10.3. The molecular weight excluding hydrogens is 356 g/mol. The van der Waals surface area contributed by atoms with E-state index in [1.807, 2.05) is 37.3 Å². The van der Waals surface area contributed by atoms with Crippen molar-refractivity contribution in [2.45, 2.75) is 76.8 Å². The predicted molar refractivity (Wildman–Crippen MR) is 108 cm³/mol. The van der Waals surface area contributed by atoms with Gasteiger partial charge in [0.2, 0.25) is 11.8 Å². The quantitative estimate of drug-likeness (QED) is 0.574. The Bertz CT molecular complexity index is 641. The van der Waals surface area contributed by atoms with Gasteiger partial charge >= 0.3 is 5.97 Å². The van der Waals surface area contributed by atoms with Gasteiger partial charge in [-0.2, -0.15) is 0 Å². The van der Waals surface area contributed by atoms with E-state index in [0.717, 1.165) is 31.2 Å². The monoisotopic (exact) mass is 388 g/mol. The first-order chi connectivity index (χ1) is 13.4. The third-order valence-corrected chi connectivity index (χ3v) is 5.25. The Morgan fingerprint density at radius 1 is 1.07 bits per heavy atom. The maximum atomic E-state index is 12.4. The fraction of sp³-hybridized carbons (Fsp3) is 0.591. The maximum Gasteiger partial charge on any atom is 0.303 e. The zero-order valence-corrected chi connectivity index (χ0v) is 16.7. The average Bonchev–Trinajstić information content (AvgIpc) is 2.67. The number of hydrogen-bond donors (Lipinski definition) is 3. The number of benzene rings is 1. The number of hydrogen-bond acceptors (Lipinski definition) is 3. The van der Waals surface area contributed by atoms with E-state index in [4.69, 9.17) is 5.11 Å². The lowest BCUT2D eigenvalue weighted by molar-refractivity contribution is -0.137. The van der Waals surface area contributed by atoms with Gasteiger partial charge in [0.05, 0.1) is 0 Å². The molecule has 154 valence electrons. The van der Waals surface area contributed by atoms with Crippen molar-refractivity contribution in [1.29, 1.82) is 0 Å². The van der Waals surface area contributed by atoms with Gasteiger partial charge in [0.25, 0.3) is 0 Å². The second-order valence-corrected chi connectivity index (χ2v) is 7.84. The lowest BCUT2D eigenvalue weighted by Gasteiger charge is -2.24. The summed E-state index contributed by atoms with van der Waals surface area (Å²) in [5.41, 5.74) is 1.05. The van der Waals surface area contributed by atoms with Crippen molar-refractivity contribution in [2.24, 2.45) is 5.92 Å². The molecule has 1 aliphatic carbocycles. The zero-order chi connectivity index (χ0) is 20.4. The van der Waals surface area contributed by atoms with E-state index in [-0.39, 0.29) is 42.7 Å². The average molecular weight is 389 g/mol. The summed E-state index contributed by atoms with van der Waals surface area (Å²) < 4.78 is 0. The highest BCUT2D eigenvalue weighted by atomic mass is 16.4. The second-order valence-electron chi connectivity index (χ2n) is 7.84. The summed E-state index contributed by atoms with van der Waals surface area (Å²) in [6.07, 6.45) is 6.40. The topological polar surface area (TPSA) is 95.5 Å². The molecule has 0 bridgehead atoms. The lowest BCUT2D eigenvalue weighted by atomic mass is 9.88. The number of carbonyl (C=O) groups excluding carboxylic acids is 2. The van der Waals surface area contributed by atoms with Gasteiger partial charge in [0.1, 0.15) is 0 Å². The number of nitrogens with one attached hydrogen (secondary N) is 2. The smallest absolute Gasteiger partial charge is 0.303 e. The molecule has 0 aromatic heterocycles. The maximum absolute atomic E-state index is 12.4. The highest BCUT2D eigenvalue weighted by molar-refractivity contribution is 5.81. The van der Waals surface area contributed by atoms with Gasteiger partial charge in [-0.25, -0.2) is 0 Å². The van der Waals surface area contributed by atoms with Crippen LogP contribution in [0.25, 0.3) is 0 Å². The van der Waals surface area contributed by atoms with Gasteiger partial charge in [0.15, 0.2) is 0 Å². The van der Waals surface area contributed by atoms with Crippen LogP contribution >= 0.6 is 0 Å². The molecule has 3 N–H and O–H groups in total. The standard InChI is InChI=1S/C22H32N2O4/c1-16(23-22(28)18-10-6-3-7-11-18)14-20(25)24-19(12-13-21(26)27)15-17-8-4-2-5-9-17/h2,4-5,8-9,16,18-19H,3,6-7,10-15H2,1H3,(H,23,28)(H,24,25)(H,26,27). The molecule has 1 aromatic carbocycles. The first-order valence-corrected chi connectivity index (χ1v) is 10.3. The summed E-state index contributed by atoms with van der Waals surface area (Å²) in [6, 6.07) is 9.21. The van der Waals surface area contributed by atoms with Crippen LogP contribution < -0.4 is 10.6 Å². The SMILES string of the molecule is CC(CC(=O)NC(CCC(=O)O)Cc1ccccc1)NC(=O)C1CCCCC1. The van der Waals surface area contributed by atoms with Crippen molar-refractivity contribution >= 4 is 17.8 Å². The Morgan fingerprint density at radius 2 is 1.75 bits per heavy atom. The van der Waals surface area contributed by atoms with E-state index >= 15 is 0 Å². The Kier molecular flexibility index (Phi) is 8.98. The predicted octanol–water partition coefficient (Wildman–Crippen LogP) is 3.05. The minimum Gasteiger partial charge on any atom is -0.481 e. The summed E-state index contributed by atoms with van der Waals surface area (Å²) in [5, 5.41) is 14.9. The molecule has 2 amide bonds. The molecule has 2 atom stereocenters. The van der Waals surface area contributed by atoms with Crippen molar-refractivity contribution in [3.63, 3.8) is 0 Å². The molecule has 1 aliphatic rings. The molecule has 6 heteroatoms. The van der Waals surface area contributed by atoms with Crippen LogP contribution in [0.1, 0.15) is 63.9 Å². The van der Waals surface area contributed by atoms with Gasteiger partial charge in [-0.05, 0) is 38.2 Å². The molecular formula is C22H32N2O4. The van der Waals surface area contributed by atoms with Crippen LogP contribution in [0.2, 0.25) is 0 Å². The molecule has 0 saturated heterocycles. The molecule has 0 radical (unpaired) electrons. The number of carbonyl (C=O) groups is 3. The van der Waals surface area contributed by atoms with Gasteiger partial charge in [0, 0.05) is 30.8 Å². The van der Waals surface area contributed by atoms with Crippen LogP contribution in [0.3, 0.4) is 0 Å². The molecule has 2 unspecified atom stereocenters. The van der Waals surface area contributed by atoms with Crippen LogP contribution in [0.4, 0.5) is 0 Å². The van der Waals surface area contributed by atoms with E-state index in [2.05, 4.69) is 10.6 Å². The molecule has 0 aliphatic heterocycles. The van der Waals surface area contributed by atoms with Crippen LogP contribution in [0.15, 0.2) is 30.3 Å². The van der Waals surface area contributed by atoms with E-state index < -0.39 is 5.97 Å². The Balaban J connectivity index is 1.83. The zero-order valence-electron chi connectivity index (χ0n) is 16.7. The molecule has 6 nitrogen and oxygen atoms in total. The van der Waals surface area contributed by atoms with E-state index in [1.54, 1.807) is 0 Å². The number of amides is 2. The fourth-order valence-electron chi connectivity index (χ4n) is 3.76. The minimum atomic E-state index is -0.875. The molecule has 1 fully saturated rings. The van der Waals surface area contributed by atoms with Crippen molar-refractivity contribution in [3.8, 4) is 0 Å². The van der Waals surface area contributed by atoms with Gasteiger partial charge in [-0.3, -0.25) is 14.4 Å². The number of rotatable bonds is 10. The Hall–Kier alpha value is -2.37. The molecule has 28 heavy (non-hydrogen) atoms. The van der Waals surface area contributed by atoms with Gasteiger partial charge < -0.3 is 15.7 Å². The molecule has 1 aromatic rings. The summed E-state index contributed by atoms with van der Waals surface area (Å²) in [4.78, 5) is 35.7. The third-order valence-electron chi connectivity index (χ3n) is 5.25. The van der Waals surface area contributed by atoms with Crippen LogP contribution in [0, 0.1) is 5.92 Å². The van der Waals surface area contributed by atoms with Crippen molar-refractivity contribution < 1.29 is 19.5 Å². The Morgan fingerprint density at radius 3 is 2.39 bits per heavy atom. The Labute approximate surface area is 167 Å².